The second-order valence-corrected chi connectivity index (χ2v) is 4.52. The minimum Gasteiger partial charge on any atom is -0.494 e. The lowest BCUT2D eigenvalue weighted by Crippen LogP contribution is -2.20. The van der Waals surface area contributed by atoms with E-state index < -0.39 is 16.9 Å². The van der Waals surface area contributed by atoms with Crippen molar-refractivity contribution < 1.29 is 24.0 Å². The van der Waals surface area contributed by atoms with Crippen molar-refractivity contribution in [3.63, 3.8) is 0 Å². The van der Waals surface area contributed by atoms with Crippen LogP contribution in [0.15, 0.2) is 42.5 Å². The lowest BCUT2D eigenvalue weighted by molar-refractivity contribution is -0.384. The molecule has 0 aliphatic heterocycles. The molecule has 0 atom stereocenters. The van der Waals surface area contributed by atoms with Crippen molar-refractivity contribution in [3.8, 4) is 11.5 Å². The zero-order valence-corrected chi connectivity index (χ0v) is 12.5. The van der Waals surface area contributed by atoms with E-state index in [9.17, 15) is 19.7 Å². The molecule has 124 valence electrons. The summed E-state index contributed by atoms with van der Waals surface area (Å²) in [6.45, 7) is 0. The number of hydrogen-bond donors (Lipinski definition) is 2. The number of nitrogens with zero attached hydrogens (tertiary/aromatic N) is 1. The number of methoxy groups -OCH3 is 1. The Bertz CT molecular complexity index is 806. The summed E-state index contributed by atoms with van der Waals surface area (Å²) >= 11 is 0. The number of para-hydroxylation sites is 1. The van der Waals surface area contributed by atoms with Crippen molar-refractivity contribution in [1.29, 1.82) is 0 Å². The van der Waals surface area contributed by atoms with E-state index in [0.717, 1.165) is 6.07 Å². The number of carbonyl (C=O) groups is 2. The van der Waals surface area contributed by atoms with Gasteiger partial charge in [-0.2, -0.15) is 0 Å². The number of carbonyl (C=O) groups excluding carboxylic acids is 2. The quantitative estimate of drug-likeness (QED) is 0.638. The van der Waals surface area contributed by atoms with Crippen molar-refractivity contribution in [1.82, 2.24) is 0 Å². The topological polar surface area (TPSA) is 134 Å². The second kappa shape index (κ2) is 7.09. The standard InChI is InChI=1S/C15H13N3O6/c1-23-13-8-9(18(21)22)6-7-11(13)17-15(20)24-12-5-3-2-4-10(12)14(16)19/h2-8H,1H3,(H2,16,19)(H,17,20). The number of nitro groups is 1. The first-order valence-corrected chi connectivity index (χ1v) is 6.62. The molecule has 2 aromatic carbocycles. The molecule has 0 radical (unpaired) electrons. The molecule has 9 heteroatoms. The highest BCUT2D eigenvalue weighted by Gasteiger charge is 2.16. The first-order valence-electron chi connectivity index (χ1n) is 6.62. The van der Waals surface area contributed by atoms with Gasteiger partial charge in [0.15, 0.2) is 0 Å². The number of nitro benzene ring substituents is 1. The van der Waals surface area contributed by atoms with Crippen molar-refractivity contribution in [2.45, 2.75) is 0 Å². The molecule has 2 amide bonds. The molecule has 0 spiro atoms. The number of amides is 2. The van der Waals surface area contributed by atoms with Crippen LogP contribution in [0.3, 0.4) is 0 Å². The van der Waals surface area contributed by atoms with Crippen LogP contribution in [0.5, 0.6) is 11.5 Å². The molecule has 3 N–H and O–H groups in total. The van der Waals surface area contributed by atoms with Gasteiger partial charge in [-0.05, 0) is 18.2 Å². The maximum Gasteiger partial charge on any atom is 0.417 e. The van der Waals surface area contributed by atoms with Gasteiger partial charge in [0.1, 0.15) is 11.5 Å². The average molecular weight is 331 g/mol. The number of non-ortho nitro benzene ring substituents is 1. The normalized spacial score (nSPS) is 9.88. The van der Waals surface area contributed by atoms with Crippen LogP contribution in [-0.4, -0.2) is 24.0 Å². The van der Waals surface area contributed by atoms with E-state index in [1.165, 1.54) is 31.4 Å². The Morgan fingerprint density at radius 3 is 2.50 bits per heavy atom. The minimum atomic E-state index is -0.907. The fraction of sp³-hybridized carbons (Fsp3) is 0.0667. The van der Waals surface area contributed by atoms with E-state index in [1.807, 2.05) is 0 Å². The van der Waals surface area contributed by atoms with Crippen molar-refractivity contribution in [3.05, 3.63) is 58.1 Å². The van der Waals surface area contributed by atoms with Gasteiger partial charge in [0.05, 0.1) is 29.4 Å². The molecule has 0 heterocycles. The number of anilines is 1. The van der Waals surface area contributed by atoms with Crippen LogP contribution >= 0.6 is 0 Å². The summed E-state index contributed by atoms with van der Waals surface area (Å²) < 4.78 is 10.0. The Hall–Kier alpha value is -3.62. The van der Waals surface area contributed by atoms with Gasteiger partial charge in [-0.15, -0.1) is 0 Å². The van der Waals surface area contributed by atoms with E-state index >= 15 is 0 Å². The summed E-state index contributed by atoms with van der Waals surface area (Å²) in [5.41, 5.74) is 5.22. The van der Waals surface area contributed by atoms with Crippen LogP contribution in [0.1, 0.15) is 10.4 Å². The van der Waals surface area contributed by atoms with Crippen LogP contribution in [0, 0.1) is 10.1 Å². The number of nitrogens with two attached hydrogens (primary N) is 1. The van der Waals surface area contributed by atoms with Crippen LogP contribution < -0.4 is 20.5 Å². The first kappa shape index (κ1) is 16.7. The fourth-order valence-electron chi connectivity index (χ4n) is 1.89. The van der Waals surface area contributed by atoms with E-state index in [-0.39, 0.29) is 28.4 Å². The molecule has 0 saturated carbocycles. The Morgan fingerprint density at radius 1 is 1.17 bits per heavy atom. The molecule has 0 saturated heterocycles. The molecule has 0 fully saturated rings. The van der Waals surface area contributed by atoms with E-state index in [0.29, 0.717) is 0 Å². The lowest BCUT2D eigenvalue weighted by Gasteiger charge is -2.11. The van der Waals surface area contributed by atoms with Gasteiger partial charge in [0.2, 0.25) is 0 Å². The lowest BCUT2D eigenvalue weighted by atomic mass is 10.2. The van der Waals surface area contributed by atoms with E-state index in [2.05, 4.69) is 5.32 Å². The van der Waals surface area contributed by atoms with Crippen LogP contribution in [0.4, 0.5) is 16.2 Å². The molecular formula is C15H13N3O6. The predicted molar refractivity (Wildman–Crippen MR) is 84.3 cm³/mol. The maximum absolute atomic E-state index is 12.0. The molecule has 0 aliphatic carbocycles. The summed E-state index contributed by atoms with van der Waals surface area (Å²) in [7, 11) is 1.30. The number of rotatable bonds is 5. The third-order valence-electron chi connectivity index (χ3n) is 2.99. The Labute approximate surface area is 136 Å². The summed E-state index contributed by atoms with van der Waals surface area (Å²) in [6, 6.07) is 9.64. The number of ether oxygens (including phenoxy) is 2. The number of hydrogen-bond acceptors (Lipinski definition) is 6. The SMILES string of the molecule is COc1cc([N+](=O)[O-])ccc1NC(=O)Oc1ccccc1C(N)=O. The van der Waals surface area contributed by atoms with E-state index in [1.54, 1.807) is 12.1 Å². The Morgan fingerprint density at radius 2 is 1.88 bits per heavy atom. The van der Waals surface area contributed by atoms with Gasteiger partial charge in [0.25, 0.3) is 11.6 Å². The van der Waals surface area contributed by atoms with E-state index in [4.69, 9.17) is 15.2 Å². The zero-order chi connectivity index (χ0) is 17.7. The summed E-state index contributed by atoms with van der Waals surface area (Å²) in [5, 5.41) is 13.1. The fourth-order valence-corrected chi connectivity index (χ4v) is 1.89. The predicted octanol–water partition coefficient (Wildman–Crippen LogP) is 2.31. The van der Waals surface area contributed by atoms with Crippen molar-refractivity contribution in [2.75, 3.05) is 12.4 Å². The van der Waals surface area contributed by atoms with Gasteiger partial charge in [-0.3, -0.25) is 20.2 Å². The van der Waals surface area contributed by atoms with Gasteiger partial charge >= 0.3 is 6.09 Å². The zero-order valence-electron chi connectivity index (χ0n) is 12.5. The molecule has 0 aliphatic rings. The maximum atomic E-state index is 12.0. The molecule has 2 rings (SSSR count). The largest absolute Gasteiger partial charge is 0.494 e. The highest BCUT2D eigenvalue weighted by atomic mass is 16.6. The smallest absolute Gasteiger partial charge is 0.417 e. The summed E-state index contributed by atoms with van der Waals surface area (Å²) in [5.74, 6) is -0.668. The summed E-state index contributed by atoms with van der Waals surface area (Å²) in [6.07, 6.45) is -0.907. The molecule has 0 unspecified atom stereocenters. The van der Waals surface area contributed by atoms with Gasteiger partial charge < -0.3 is 15.2 Å². The van der Waals surface area contributed by atoms with Crippen molar-refractivity contribution >= 4 is 23.4 Å². The van der Waals surface area contributed by atoms with Crippen LogP contribution in [0.2, 0.25) is 0 Å². The molecule has 2 aromatic rings. The number of benzene rings is 2. The molecular weight excluding hydrogens is 318 g/mol. The molecule has 0 bridgehead atoms. The molecule has 24 heavy (non-hydrogen) atoms. The Balaban J connectivity index is 2.19. The van der Waals surface area contributed by atoms with Gasteiger partial charge in [-0.1, -0.05) is 12.1 Å². The van der Waals surface area contributed by atoms with Gasteiger partial charge in [-0.25, -0.2) is 4.79 Å². The molecule has 9 nitrogen and oxygen atoms in total. The minimum absolute atomic E-state index is 0.0108. The summed E-state index contributed by atoms with van der Waals surface area (Å²) in [4.78, 5) is 33.4. The first-order chi connectivity index (χ1) is 11.4. The third kappa shape index (κ3) is 3.77. The highest BCUT2D eigenvalue weighted by Crippen LogP contribution is 2.29. The number of primary amides is 1. The third-order valence-corrected chi connectivity index (χ3v) is 2.99. The Kier molecular flexibility index (Phi) is 4.95. The van der Waals surface area contributed by atoms with Gasteiger partial charge in [0, 0.05) is 6.07 Å². The van der Waals surface area contributed by atoms with Crippen LogP contribution in [-0.2, 0) is 0 Å². The second-order valence-electron chi connectivity index (χ2n) is 4.52. The average Bonchev–Trinajstić information content (AvgIpc) is 2.55. The number of nitrogens with one attached hydrogen (secondary N) is 1. The highest BCUT2D eigenvalue weighted by molar-refractivity contribution is 5.97. The monoisotopic (exact) mass is 331 g/mol. The molecule has 0 aromatic heterocycles. The van der Waals surface area contributed by atoms with Crippen LogP contribution in [0.25, 0.3) is 0 Å². The van der Waals surface area contributed by atoms with Crippen molar-refractivity contribution in [2.24, 2.45) is 5.73 Å².